The predicted molar refractivity (Wildman–Crippen MR) is 115 cm³/mol. The van der Waals surface area contributed by atoms with E-state index in [2.05, 4.69) is 10.3 Å². The molecule has 0 radical (unpaired) electrons. The highest BCUT2D eigenvalue weighted by atomic mass is 19.1. The summed E-state index contributed by atoms with van der Waals surface area (Å²) in [7, 11) is 0. The maximum absolute atomic E-state index is 13.6. The molecule has 160 valence electrons. The van der Waals surface area contributed by atoms with Gasteiger partial charge >= 0.3 is 5.97 Å². The second-order valence-corrected chi connectivity index (χ2v) is 6.96. The fourth-order valence-corrected chi connectivity index (χ4v) is 3.06. The number of nitrogens with zero attached hydrogens (tertiary/aromatic N) is 1. The normalized spacial score (nSPS) is 11.2. The Balaban J connectivity index is 1.46. The summed E-state index contributed by atoms with van der Waals surface area (Å²) in [6.45, 7) is 0. The topological polar surface area (TPSA) is 92.4 Å². The first kappa shape index (κ1) is 20.9. The van der Waals surface area contributed by atoms with Crippen molar-refractivity contribution in [3.8, 4) is 11.5 Å². The van der Waals surface area contributed by atoms with Crippen molar-refractivity contribution in [2.45, 2.75) is 6.42 Å². The van der Waals surface area contributed by atoms with Crippen molar-refractivity contribution in [1.29, 1.82) is 0 Å². The Morgan fingerprint density at radius 2 is 1.81 bits per heavy atom. The van der Waals surface area contributed by atoms with Crippen LogP contribution in [0.15, 0.2) is 71.2 Å². The number of hydrogen-bond acceptors (Lipinski definition) is 4. The number of benzene rings is 3. The zero-order chi connectivity index (χ0) is 22.7. The summed E-state index contributed by atoms with van der Waals surface area (Å²) in [4.78, 5) is 27.3. The number of aliphatic carboxylic acids is 1. The van der Waals surface area contributed by atoms with Crippen molar-refractivity contribution in [2.75, 3.05) is 5.32 Å². The molecule has 0 aliphatic carbocycles. The van der Waals surface area contributed by atoms with Gasteiger partial charge in [-0.25, -0.2) is 13.8 Å². The molecule has 0 unspecified atom stereocenters. The first-order chi connectivity index (χ1) is 15.4. The first-order valence-corrected chi connectivity index (χ1v) is 9.53. The molecule has 1 aromatic heterocycles. The van der Waals surface area contributed by atoms with Crippen molar-refractivity contribution in [1.82, 2.24) is 4.98 Å². The Morgan fingerprint density at radius 3 is 2.56 bits per heavy atom. The van der Waals surface area contributed by atoms with Crippen molar-refractivity contribution in [3.63, 3.8) is 0 Å². The zero-order valence-electron chi connectivity index (χ0n) is 16.5. The van der Waals surface area contributed by atoms with Gasteiger partial charge in [0.25, 0.3) is 0 Å². The Morgan fingerprint density at radius 1 is 1.03 bits per heavy atom. The molecule has 0 saturated carbocycles. The Labute approximate surface area is 180 Å². The summed E-state index contributed by atoms with van der Waals surface area (Å²) >= 11 is 0. The molecule has 0 saturated heterocycles. The minimum absolute atomic E-state index is 0.0986. The van der Waals surface area contributed by atoms with E-state index < -0.39 is 23.5 Å². The molecule has 1 amide bonds. The Hall–Kier alpha value is -4.33. The van der Waals surface area contributed by atoms with Gasteiger partial charge in [0.05, 0.1) is 12.1 Å². The SMILES string of the molecule is O=C(O)Cc1ccc2oc(-c3ccc(/C=C/C(=O)Nc4cc(F)ccc4F)cc3)nc2c1. The number of nitrogens with one attached hydrogen (secondary N) is 1. The highest BCUT2D eigenvalue weighted by Crippen LogP contribution is 2.25. The summed E-state index contributed by atoms with van der Waals surface area (Å²) in [5.74, 6) is -2.53. The maximum atomic E-state index is 13.6. The number of anilines is 1. The average Bonchev–Trinajstić information content (AvgIpc) is 3.18. The number of aromatic nitrogens is 1. The highest BCUT2D eigenvalue weighted by molar-refractivity contribution is 6.02. The van der Waals surface area contributed by atoms with E-state index in [0.29, 0.717) is 33.7 Å². The third-order valence-corrected chi connectivity index (χ3v) is 4.58. The van der Waals surface area contributed by atoms with Crippen molar-refractivity contribution in [2.24, 2.45) is 0 Å². The van der Waals surface area contributed by atoms with E-state index in [-0.39, 0.29) is 12.1 Å². The monoisotopic (exact) mass is 434 g/mol. The van der Waals surface area contributed by atoms with Crippen LogP contribution in [-0.4, -0.2) is 22.0 Å². The number of amides is 1. The molecule has 4 rings (SSSR count). The summed E-state index contributed by atoms with van der Waals surface area (Å²) in [6.07, 6.45) is 2.64. The quantitative estimate of drug-likeness (QED) is 0.414. The van der Waals surface area contributed by atoms with Gasteiger partial charge in [0.15, 0.2) is 5.58 Å². The molecule has 4 aromatic rings. The number of rotatable bonds is 6. The molecular weight excluding hydrogens is 418 g/mol. The zero-order valence-corrected chi connectivity index (χ0v) is 16.5. The molecule has 2 N–H and O–H groups in total. The van der Waals surface area contributed by atoms with Crippen molar-refractivity contribution >= 4 is 34.7 Å². The molecule has 0 atom stereocenters. The number of carboxylic acid groups (broad SMARTS) is 1. The van der Waals surface area contributed by atoms with Crippen LogP contribution < -0.4 is 5.32 Å². The Kier molecular flexibility index (Phi) is 5.76. The van der Waals surface area contributed by atoms with Crippen LogP contribution in [0.4, 0.5) is 14.5 Å². The second-order valence-electron chi connectivity index (χ2n) is 6.96. The van der Waals surface area contributed by atoms with E-state index in [9.17, 15) is 18.4 Å². The lowest BCUT2D eigenvalue weighted by Gasteiger charge is -2.03. The van der Waals surface area contributed by atoms with Crippen LogP contribution in [0, 0.1) is 11.6 Å². The average molecular weight is 434 g/mol. The van der Waals surface area contributed by atoms with Gasteiger partial charge in [-0.2, -0.15) is 0 Å². The van der Waals surface area contributed by atoms with Crippen LogP contribution in [0.1, 0.15) is 11.1 Å². The van der Waals surface area contributed by atoms with Gasteiger partial charge in [0.2, 0.25) is 11.8 Å². The van der Waals surface area contributed by atoms with Crippen molar-refractivity contribution in [3.05, 3.63) is 89.5 Å². The highest BCUT2D eigenvalue weighted by Gasteiger charge is 2.10. The van der Waals surface area contributed by atoms with E-state index in [1.807, 2.05) is 0 Å². The van der Waals surface area contributed by atoms with Gasteiger partial charge in [0, 0.05) is 17.7 Å². The third kappa shape index (κ3) is 4.86. The predicted octanol–water partition coefficient (Wildman–Crippen LogP) is 5.05. The van der Waals surface area contributed by atoms with Gasteiger partial charge in [-0.3, -0.25) is 9.59 Å². The third-order valence-electron chi connectivity index (χ3n) is 4.58. The minimum atomic E-state index is -0.925. The van der Waals surface area contributed by atoms with Crippen LogP contribution in [0.3, 0.4) is 0 Å². The molecule has 0 aliphatic rings. The van der Waals surface area contributed by atoms with Crippen LogP contribution in [0.2, 0.25) is 0 Å². The first-order valence-electron chi connectivity index (χ1n) is 9.53. The van der Waals surface area contributed by atoms with E-state index in [4.69, 9.17) is 9.52 Å². The molecule has 0 bridgehead atoms. The Bertz CT molecular complexity index is 1340. The maximum Gasteiger partial charge on any atom is 0.307 e. The van der Waals surface area contributed by atoms with Gasteiger partial charge in [-0.1, -0.05) is 18.2 Å². The number of halogens is 2. The molecule has 0 aliphatic heterocycles. The van der Waals surface area contributed by atoms with Gasteiger partial charge in [-0.15, -0.1) is 0 Å². The van der Waals surface area contributed by atoms with E-state index in [0.717, 1.165) is 18.2 Å². The number of carbonyl (C=O) groups is 2. The summed E-state index contributed by atoms with van der Waals surface area (Å²) in [5, 5.41) is 11.2. The van der Waals surface area contributed by atoms with Crippen LogP contribution in [-0.2, 0) is 16.0 Å². The second kappa shape index (κ2) is 8.81. The minimum Gasteiger partial charge on any atom is -0.481 e. The fourth-order valence-electron chi connectivity index (χ4n) is 3.06. The van der Waals surface area contributed by atoms with Gasteiger partial charge < -0.3 is 14.8 Å². The van der Waals surface area contributed by atoms with Crippen molar-refractivity contribution < 1.29 is 27.9 Å². The summed E-state index contributed by atoms with van der Waals surface area (Å²) < 4.78 is 32.5. The number of oxazole rings is 1. The van der Waals surface area contributed by atoms with E-state index in [1.54, 1.807) is 42.5 Å². The fraction of sp³-hybridized carbons (Fsp3) is 0.0417. The molecule has 3 aromatic carbocycles. The number of hydrogen-bond donors (Lipinski definition) is 2. The summed E-state index contributed by atoms with van der Waals surface area (Å²) in [5.41, 5.74) is 2.88. The van der Waals surface area contributed by atoms with E-state index >= 15 is 0 Å². The number of carboxylic acids is 1. The van der Waals surface area contributed by atoms with E-state index in [1.165, 1.54) is 12.2 Å². The molecule has 0 fully saturated rings. The standard InChI is InChI=1S/C24H16F2N2O4/c25-17-7-8-18(26)19(13-17)27-22(29)10-4-14-1-5-16(6-2-14)24-28-20-11-15(12-23(30)31)3-9-21(20)32-24/h1-11,13H,12H2,(H,27,29)(H,30,31)/b10-4+. The van der Waals surface area contributed by atoms with Gasteiger partial charge in [0.1, 0.15) is 17.2 Å². The molecular formula is C24H16F2N2O4. The largest absolute Gasteiger partial charge is 0.481 e. The smallest absolute Gasteiger partial charge is 0.307 e. The molecule has 1 heterocycles. The molecule has 0 spiro atoms. The number of carbonyl (C=O) groups excluding carboxylic acids is 1. The number of fused-ring (bicyclic) bond motifs is 1. The van der Waals surface area contributed by atoms with Crippen LogP contribution in [0.25, 0.3) is 28.6 Å². The lowest BCUT2D eigenvalue weighted by molar-refractivity contribution is -0.136. The summed E-state index contributed by atoms with van der Waals surface area (Å²) in [6, 6.07) is 14.8. The lowest BCUT2D eigenvalue weighted by atomic mass is 10.1. The van der Waals surface area contributed by atoms with Crippen LogP contribution in [0.5, 0.6) is 0 Å². The molecule has 8 heteroatoms. The molecule has 32 heavy (non-hydrogen) atoms. The lowest BCUT2D eigenvalue weighted by Crippen LogP contribution is -2.09. The van der Waals surface area contributed by atoms with Crippen LogP contribution >= 0.6 is 0 Å². The van der Waals surface area contributed by atoms with Gasteiger partial charge in [-0.05, 0) is 53.6 Å². The molecule has 6 nitrogen and oxygen atoms in total.